The van der Waals surface area contributed by atoms with Crippen LogP contribution in [0.5, 0.6) is 0 Å². The van der Waals surface area contributed by atoms with Gasteiger partial charge in [-0.3, -0.25) is 4.79 Å². The van der Waals surface area contributed by atoms with E-state index in [-0.39, 0.29) is 18.6 Å². The minimum atomic E-state index is -0.773. The summed E-state index contributed by atoms with van der Waals surface area (Å²) in [4.78, 5) is 15.3. The van der Waals surface area contributed by atoms with Gasteiger partial charge in [0.15, 0.2) is 0 Å². The van der Waals surface area contributed by atoms with Crippen molar-refractivity contribution in [3.63, 3.8) is 0 Å². The number of oxazole rings is 1. The van der Waals surface area contributed by atoms with Gasteiger partial charge in [0, 0.05) is 18.6 Å². The van der Waals surface area contributed by atoms with Crippen LogP contribution >= 0.6 is 0 Å². The van der Waals surface area contributed by atoms with Gasteiger partial charge in [-0.2, -0.15) is 0 Å². The molecular weight excluding hydrogens is 382 g/mol. The van der Waals surface area contributed by atoms with Crippen molar-refractivity contribution in [3.05, 3.63) is 41.3 Å². The van der Waals surface area contributed by atoms with E-state index in [1.807, 2.05) is 26.0 Å². The van der Waals surface area contributed by atoms with E-state index in [2.05, 4.69) is 24.0 Å². The lowest BCUT2D eigenvalue weighted by atomic mass is 9.87. The van der Waals surface area contributed by atoms with Crippen LogP contribution in [-0.4, -0.2) is 34.9 Å². The molecule has 0 saturated heterocycles. The molecule has 0 radical (unpaired) electrons. The predicted octanol–water partition coefficient (Wildman–Crippen LogP) is 5.30. The zero-order valence-electron chi connectivity index (χ0n) is 18.2. The van der Waals surface area contributed by atoms with Crippen molar-refractivity contribution in [1.29, 1.82) is 0 Å². The maximum absolute atomic E-state index is 10.7. The van der Waals surface area contributed by atoms with E-state index in [9.17, 15) is 4.79 Å². The molecule has 1 aliphatic carbocycles. The Kier molecular flexibility index (Phi) is 8.05. The lowest BCUT2D eigenvalue weighted by Crippen LogP contribution is -2.27. The molecule has 1 N–H and O–H groups in total. The molecule has 6 nitrogen and oxygen atoms in total. The minimum absolute atomic E-state index is 0.0274. The van der Waals surface area contributed by atoms with Crippen LogP contribution in [0.3, 0.4) is 0 Å². The fourth-order valence-electron chi connectivity index (χ4n) is 3.83. The summed E-state index contributed by atoms with van der Waals surface area (Å²) >= 11 is 0. The van der Waals surface area contributed by atoms with Crippen LogP contribution < -0.4 is 0 Å². The number of aliphatic carboxylic acids is 1. The van der Waals surface area contributed by atoms with Gasteiger partial charge in [-0.15, -0.1) is 0 Å². The van der Waals surface area contributed by atoms with Gasteiger partial charge in [-0.1, -0.05) is 24.1 Å². The number of carboxylic acids is 1. The summed E-state index contributed by atoms with van der Waals surface area (Å²) in [5.74, 6) is 1.12. The third kappa shape index (κ3) is 6.67. The van der Waals surface area contributed by atoms with Gasteiger partial charge in [0.25, 0.3) is 0 Å². The lowest BCUT2D eigenvalue weighted by Gasteiger charge is -2.29. The van der Waals surface area contributed by atoms with E-state index in [1.54, 1.807) is 0 Å². The van der Waals surface area contributed by atoms with E-state index < -0.39 is 5.97 Å². The van der Waals surface area contributed by atoms with Gasteiger partial charge in [-0.25, -0.2) is 4.98 Å². The molecule has 1 fully saturated rings. The van der Waals surface area contributed by atoms with Crippen molar-refractivity contribution in [2.45, 2.75) is 78.1 Å². The number of hydrogen-bond donors (Lipinski definition) is 1. The van der Waals surface area contributed by atoms with E-state index in [4.69, 9.17) is 19.0 Å². The average Bonchev–Trinajstić information content (AvgIpc) is 3.10. The molecule has 2 aromatic rings. The molecule has 0 amide bonds. The number of hydrogen-bond acceptors (Lipinski definition) is 5. The highest BCUT2D eigenvalue weighted by atomic mass is 16.5. The number of benzene rings is 1. The molecule has 0 spiro atoms. The molecule has 30 heavy (non-hydrogen) atoms. The Labute approximate surface area is 178 Å². The highest BCUT2D eigenvalue weighted by Gasteiger charge is 2.24. The number of nitrogens with zero attached hydrogens (tertiary/aromatic N) is 1. The molecule has 3 rings (SSSR count). The van der Waals surface area contributed by atoms with Gasteiger partial charge in [-0.05, 0) is 64.5 Å². The summed E-state index contributed by atoms with van der Waals surface area (Å²) < 4.78 is 17.9. The molecule has 1 saturated carbocycles. The lowest BCUT2D eigenvalue weighted by molar-refractivity contribution is -0.137. The summed E-state index contributed by atoms with van der Waals surface area (Å²) in [5, 5.41) is 8.78. The highest BCUT2D eigenvalue weighted by molar-refractivity contribution is 5.66. The Morgan fingerprint density at radius 2 is 2.03 bits per heavy atom. The van der Waals surface area contributed by atoms with E-state index >= 15 is 0 Å². The first-order valence-corrected chi connectivity index (χ1v) is 10.9. The quantitative estimate of drug-likeness (QED) is 0.567. The number of carbonyl (C=O) groups is 1. The second-order valence-electron chi connectivity index (χ2n) is 8.43. The third-order valence-corrected chi connectivity index (χ3v) is 5.76. The van der Waals surface area contributed by atoms with Gasteiger partial charge in [0.05, 0.1) is 18.8 Å². The monoisotopic (exact) mass is 415 g/mol. The zero-order valence-corrected chi connectivity index (χ0v) is 18.2. The van der Waals surface area contributed by atoms with Crippen molar-refractivity contribution >= 4 is 5.97 Å². The number of aryl methyl sites for hydroxylation is 2. The molecule has 0 bridgehead atoms. The molecule has 1 aliphatic rings. The van der Waals surface area contributed by atoms with Crippen LogP contribution in [0, 0.1) is 19.8 Å². The van der Waals surface area contributed by atoms with Crippen molar-refractivity contribution < 1.29 is 23.8 Å². The molecule has 1 aromatic heterocycles. The topological polar surface area (TPSA) is 81.8 Å². The smallest absolute Gasteiger partial charge is 0.303 e. The Morgan fingerprint density at radius 1 is 1.27 bits per heavy atom. The first-order valence-electron chi connectivity index (χ1n) is 10.9. The van der Waals surface area contributed by atoms with E-state index in [0.29, 0.717) is 31.4 Å². The second-order valence-corrected chi connectivity index (χ2v) is 8.43. The van der Waals surface area contributed by atoms with Crippen LogP contribution in [0.2, 0.25) is 0 Å². The number of aromatic nitrogens is 1. The van der Waals surface area contributed by atoms with Crippen LogP contribution in [0.1, 0.15) is 62.5 Å². The maximum atomic E-state index is 10.7. The summed E-state index contributed by atoms with van der Waals surface area (Å²) in [7, 11) is 0. The van der Waals surface area contributed by atoms with Crippen LogP contribution in [0.15, 0.2) is 28.7 Å². The SMILES string of the molecule is Cc1ccc(-c2nc(CO[C@@H]3CCC[C@H](COC(C)CCC(=O)O)C3)c(C)o2)cc1. The molecule has 1 unspecified atom stereocenters. The number of rotatable bonds is 10. The van der Waals surface area contributed by atoms with Crippen LogP contribution in [0.4, 0.5) is 0 Å². The molecule has 1 aromatic carbocycles. The zero-order chi connectivity index (χ0) is 21.5. The Hall–Kier alpha value is -2.18. The van der Waals surface area contributed by atoms with Crippen LogP contribution in [-0.2, 0) is 20.9 Å². The number of carboxylic acid groups (broad SMARTS) is 1. The van der Waals surface area contributed by atoms with Gasteiger partial charge >= 0.3 is 5.97 Å². The highest BCUT2D eigenvalue weighted by Crippen LogP contribution is 2.29. The molecular formula is C24H33NO5. The fraction of sp³-hybridized carbons (Fsp3) is 0.583. The van der Waals surface area contributed by atoms with Gasteiger partial charge in [0.2, 0.25) is 5.89 Å². The standard InChI is InChI=1S/C24H33NO5/c1-16-7-10-20(11-8-16)24-25-22(18(3)30-24)15-29-21-6-4-5-19(13-21)14-28-17(2)9-12-23(26)27/h7-8,10-11,17,19,21H,4-6,9,12-15H2,1-3H3,(H,26,27)/t17?,19-,21+/m0/s1. The van der Waals surface area contributed by atoms with Crippen molar-refractivity contribution in [2.24, 2.45) is 5.92 Å². The fourth-order valence-corrected chi connectivity index (χ4v) is 3.83. The largest absolute Gasteiger partial charge is 0.481 e. The molecule has 6 heteroatoms. The van der Waals surface area contributed by atoms with Crippen molar-refractivity contribution in [1.82, 2.24) is 4.98 Å². The molecule has 3 atom stereocenters. The number of ether oxygens (including phenoxy) is 2. The first-order chi connectivity index (χ1) is 14.4. The summed E-state index contributed by atoms with van der Waals surface area (Å²) in [6, 6.07) is 8.15. The summed E-state index contributed by atoms with van der Waals surface area (Å²) in [5.41, 5.74) is 3.03. The predicted molar refractivity (Wildman–Crippen MR) is 114 cm³/mol. The van der Waals surface area contributed by atoms with Gasteiger partial charge in [0.1, 0.15) is 11.5 Å². The van der Waals surface area contributed by atoms with Crippen molar-refractivity contribution in [3.8, 4) is 11.5 Å². The second kappa shape index (κ2) is 10.7. The molecule has 0 aliphatic heterocycles. The first kappa shape index (κ1) is 22.5. The summed E-state index contributed by atoms with van der Waals surface area (Å²) in [6.45, 7) is 7.05. The Balaban J connectivity index is 1.46. The van der Waals surface area contributed by atoms with E-state index in [1.165, 1.54) is 5.56 Å². The van der Waals surface area contributed by atoms with Crippen molar-refractivity contribution in [2.75, 3.05) is 6.61 Å². The minimum Gasteiger partial charge on any atom is -0.481 e. The maximum Gasteiger partial charge on any atom is 0.303 e. The average molecular weight is 416 g/mol. The van der Waals surface area contributed by atoms with Gasteiger partial charge < -0.3 is 19.0 Å². The van der Waals surface area contributed by atoms with E-state index in [0.717, 1.165) is 42.7 Å². The molecule has 1 heterocycles. The molecule has 164 valence electrons. The van der Waals surface area contributed by atoms with Crippen LogP contribution in [0.25, 0.3) is 11.5 Å². The Bertz CT molecular complexity index is 814. The Morgan fingerprint density at radius 3 is 2.77 bits per heavy atom. The third-order valence-electron chi connectivity index (χ3n) is 5.76. The normalized spacial score (nSPS) is 20.2. The summed E-state index contributed by atoms with van der Waals surface area (Å²) in [6.07, 6.45) is 5.14.